The van der Waals surface area contributed by atoms with E-state index in [4.69, 9.17) is 9.05 Å². The van der Waals surface area contributed by atoms with Crippen LogP contribution in [0.1, 0.15) is 12.5 Å². The zero-order valence-electron chi connectivity index (χ0n) is 9.40. The predicted molar refractivity (Wildman–Crippen MR) is 64.6 cm³/mol. The van der Waals surface area contributed by atoms with Gasteiger partial charge in [0, 0.05) is 7.11 Å². The molecule has 0 spiro atoms. The molecule has 1 atom stereocenters. The van der Waals surface area contributed by atoms with Crippen molar-refractivity contribution in [2.24, 2.45) is 0 Å². The molecule has 0 aliphatic heterocycles. The van der Waals surface area contributed by atoms with Crippen LogP contribution in [0.2, 0.25) is 0 Å². The first-order chi connectivity index (χ1) is 7.11. The van der Waals surface area contributed by atoms with E-state index in [1.165, 1.54) is 7.11 Å². The van der Waals surface area contributed by atoms with Gasteiger partial charge in [-0.25, -0.2) is 0 Å². The molecule has 5 heteroatoms. The molecule has 0 aliphatic rings. The topological polar surface area (TPSA) is 35.5 Å². The molecule has 0 bridgehead atoms. The molecule has 0 aliphatic carbocycles. The maximum Gasteiger partial charge on any atom is 0.334 e. The van der Waals surface area contributed by atoms with Crippen LogP contribution in [0.15, 0.2) is 24.3 Å². The van der Waals surface area contributed by atoms with E-state index in [1.807, 2.05) is 39.0 Å². The fourth-order valence-electron chi connectivity index (χ4n) is 1.36. The fraction of sp³-hybridized carbons (Fsp3) is 0.400. The van der Waals surface area contributed by atoms with Crippen LogP contribution in [0.4, 0.5) is 0 Å². The molecular formula is C10H16BO3P. The second-order valence-corrected chi connectivity index (χ2v) is 5.46. The summed E-state index contributed by atoms with van der Waals surface area (Å²) in [5.41, 5.74) is 2.12. The van der Waals surface area contributed by atoms with Crippen molar-refractivity contribution in [3.8, 4) is 0 Å². The quantitative estimate of drug-likeness (QED) is 0.561. The number of hydrogen-bond acceptors (Lipinski definition) is 3. The SMILES string of the molecule is Bc1ccccc1CP(=O)(OC)OCC. The highest BCUT2D eigenvalue weighted by atomic mass is 31.2. The van der Waals surface area contributed by atoms with Crippen LogP contribution in [-0.4, -0.2) is 21.6 Å². The van der Waals surface area contributed by atoms with Crippen LogP contribution in [0, 0.1) is 0 Å². The minimum atomic E-state index is -2.95. The third kappa shape index (κ3) is 3.49. The third-order valence-corrected chi connectivity index (χ3v) is 4.17. The first-order valence-electron chi connectivity index (χ1n) is 4.95. The number of hydrogen-bond donors (Lipinski definition) is 0. The molecule has 15 heavy (non-hydrogen) atoms. The second-order valence-electron chi connectivity index (χ2n) is 3.30. The van der Waals surface area contributed by atoms with Gasteiger partial charge in [-0.05, 0) is 12.5 Å². The lowest BCUT2D eigenvalue weighted by Gasteiger charge is -2.16. The largest absolute Gasteiger partial charge is 0.334 e. The second kappa shape index (κ2) is 5.50. The first kappa shape index (κ1) is 12.5. The van der Waals surface area contributed by atoms with E-state index >= 15 is 0 Å². The van der Waals surface area contributed by atoms with Gasteiger partial charge in [-0.15, -0.1) is 0 Å². The van der Waals surface area contributed by atoms with Crippen LogP contribution >= 0.6 is 7.60 Å². The van der Waals surface area contributed by atoms with Gasteiger partial charge in [-0.3, -0.25) is 4.57 Å². The molecule has 0 amide bonds. The van der Waals surface area contributed by atoms with Crippen molar-refractivity contribution in [2.45, 2.75) is 13.1 Å². The average molecular weight is 226 g/mol. The molecule has 3 nitrogen and oxygen atoms in total. The highest BCUT2D eigenvalue weighted by Crippen LogP contribution is 2.50. The Hall–Kier alpha value is -0.565. The van der Waals surface area contributed by atoms with Gasteiger partial charge in [0.1, 0.15) is 7.85 Å². The van der Waals surface area contributed by atoms with Crippen LogP contribution in [0.3, 0.4) is 0 Å². The molecule has 1 aromatic carbocycles. The van der Waals surface area contributed by atoms with Gasteiger partial charge < -0.3 is 9.05 Å². The van der Waals surface area contributed by atoms with E-state index in [1.54, 1.807) is 0 Å². The maximum atomic E-state index is 12.1. The maximum absolute atomic E-state index is 12.1. The fourth-order valence-corrected chi connectivity index (χ4v) is 2.85. The summed E-state index contributed by atoms with van der Waals surface area (Å²) >= 11 is 0. The van der Waals surface area contributed by atoms with Crippen LogP contribution in [-0.2, 0) is 19.8 Å². The molecule has 1 unspecified atom stereocenters. The van der Waals surface area contributed by atoms with Gasteiger partial charge in [0.05, 0.1) is 12.8 Å². The van der Waals surface area contributed by atoms with Crippen molar-refractivity contribution >= 4 is 20.9 Å². The van der Waals surface area contributed by atoms with Gasteiger partial charge in [0.2, 0.25) is 0 Å². The van der Waals surface area contributed by atoms with Crippen molar-refractivity contribution in [3.63, 3.8) is 0 Å². The Bertz CT molecular complexity index is 367. The minimum Gasteiger partial charge on any atom is -0.312 e. The van der Waals surface area contributed by atoms with Gasteiger partial charge in [0.15, 0.2) is 0 Å². The molecule has 0 fully saturated rings. The predicted octanol–water partition coefficient (Wildman–Crippen LogP) is 1.32. The zero-order chi connectivity index (χ0) is 11.3. The monoisotopic (exact) mass is 226 g/mol. The van der Waals surface area contributed by atoms with Crippen molar-refractivity contribution < 1.29 is 13.6 Å². The summed E-state index contributed by atoms with van der Waals surface area (Å²) in [6.45, 7) is 2.21. The summed E-state index contributed by atoms with van der Waals surface area (Å²) in [5, 5.41) is 0. The van der Waals surface area contributed by atoms with Gasteiger partial charge in [0.25, 0.3) is 0 Å². The summed E-state index contributed by atoms with van der Waals surface area (Å²) < 4.78 is 22.2. The molecule has 0 radical (unpaired) electrons. The van der Waals surface area contributed by atoms with Crippen molar-refractivity contribution in [1.29, 1.82) is 0 Å². The lowest BCUT2D eigenvalue weighted by atomic mass is 9.92. The highest BCUT2D eigenvalue weighted by molar-refractivity contribution is 7.53. The molecule has 0 heterocycles. The van der Waals surface area contributed by atoms with Crippen molar-refractivity contribution in [2.75, 3.05) is 13.7 Å². The Labute approximate surface area is 91.7 Å². The summed E-state index contributed by atoms with van der Waals surface area (Å²) in [6.07, 6.45) is 0.337. The molecule has 0 aromatic heterocycles. The molecular weight excluding hydrogens is 210 g/mol. The Morgan fingerprint density at radius 3 is 2.60 bits per heavy atom. The van der Waals surface area contributed by atoms with Crippen LogP contribution in [0.25, 0.3) is 0 Å². The molecule has 0 saturated carbocycles. The Morgan fingerprint density at radius 1 is 1.40 bits per heavy atom. The van der Waals surface area contributed by atoms with Gasteiger partial charge in [-0.1, -0.05) is 29.7 Å². The summed E-state index contributed by atoms with van der Waals surface area (Å²) in [6, 6.07) is 7.81. The number of rotatable bonds is 5. The molecule has 1 rings (SSSR count). The van der Waals surface area contributed by atoms with Crippen molar-refractivity contribution in [1.82, 2.24) is 0 Å². The average Bonchev–Trinajstić information content (AvgIpc) is 2.22. The van der Waals surface area contributed by atoms with E-state index in [2.05, 4.69) is 0 Å². The lowest BCUT2D eigenvalue weighted by molar-refractivity contribution is 0.243. The summed E-state index contributed by atoms with van der Waals surface area (Å²) in [7, 11) is 0.464. The Balaban J connectivity index is 2.84. The minimum absolute atomic E-state index is 0.337. The first-order valence-corrected chi connectivity index (χ1v) is 6.68. The summed E-state index contributed by atoms with van der Waals surface area (Å²) in [4.78, 5) is 0. The molecule has 1 aromatic rings. The van der Waals surface area contributed by atoms with E-state index in [0.717, 1.165) is 11.0 Å². The van der Waals surface area contributed by atoms with E-state index in [0.29, 0.717) is 12.8 Å². The molecule has 0 saturated heterocycles. The van der Waals surface area contributed by atoms with Crippen molar-refractivity contribution in [3.05, 3.63) is 29.8 Å². The van der Waals surface area contributed by atoms with Crippen LogP contribution in [0.5, 0.6) is 0 Å². The smallest absolute Gasteiger partial charge is 0.312 e. The van der Waals surface area contributed by atoms with Gasteiger partial charge >= 0.3 is 7.60 Å². The molecule has 82 valence electrons. The third-order valence-electron chi connectivity index (χ3n) is 2.23. The van der Waals surface area contributed by atoms with E-state index in [-0.39, 0.29) is 0 Å². The Morgan fingerprint density at radius 2 is 2.07 bits per heavy atom. The standard InChI is InChI=1S/C10H16BO3P/c1-3-14-15(12,13-2)8-9-6-4-5-7-10(9)11/h4-7H,3,8,11H2,1-2H3. The zero-order valence-corrected chi connectivity index (χ0v) is 10.3. The van der Waals surface area contributed by atoms with Gasteiger partial charge in [-0.2, -0.15) is 0 Å². The van der Waals surface area contributed by atoms with E-state index in [9.17, 15) is 4.57 Å². The Kier molecular flexibility index (Phi) is 4.58. The highest BCUT2D eigenvalue weighted by Gasteiger charge is 2.23. The summed E-state index contributed by atoms with van der Waals surface area (Å²) in [5.74, 6) is 0. The lowest BCUT2D eigenvalue weighted by Crippen LogP contribution is -2.10. The number of benzene rings is 1. The van der Waals surface area contributed by atoms with E-state index < -0.39 is 7.60 Å². The normalized spacial score (nSPS) is 14.8. The van der Waals surface area contributed by atoms with Crippen LogP contribution < -0.4 is 5.46 Å². The molecule has 0 N–H and O–H groups in total.